The van der Waals surface area contributed by atoms with E-state index in [0.717, 1.165) is 12.0 Å². The number of benzene rings is 1. The molecule has 3 nitrogen and oxygen atoms in total. The molecule has 1 rings (SSSR count). The Balaban J connectivity index is 2.35. The first-order valence-electron chi connectivity index (χ1n) is 7.40. The van der Waals surface area contributed by atoms with Gasteiger partial charge in [0.25, 0.3) is 0 Å². The second kappa shape index (κ2) is 9.01. The van der Waals surface area contributed by atoms with Gasteiger partial charge in [-0.15, -0.1) is 0 Å². The summed E-state index contributed by atoms with van der Waals surface area (Å²) in [4.78, 5) is 11.9. The predicted octanol–water partition coefficient (Wildman–Crippen LogP) is 3.60. The summed E-state index contributed by atoms with van der Waals surface area (Å²) < 4.78 is 0. The number of aromatic hydroxyl groups is 1. The number of phenolic OH excluding ortho intramolecular Hbond substituents is 1. The van der Waals surface area contributed by atoms with Gasteiger partial charge in [-0.25, -0.2) is 0 Å². The molecule has 1 aromatic rings. The van der Waals surface area contributed by atoms with Gasteiger partial charge in [-0.3, -0.25) is 4.79 Å². The summed E-state index contributed by atoms with van der Waals surface area (Å²) in [6, 6.07) is 7.06. The molecule has 1 atom stereocenters. The van der Waals surface area contributed by atoms with E-state index in [1.165, 1.54) is 5.57 Å². The maximum absolute atomic E-state index is 11.9. The zero-order valence-corrected chi connectivity index (χ0v) is 13.1. The van der Waals surface area contributed by atoms with Crippen molar-refractivity contribution < 1.29 is 9.90 Å². The third kappa shape index (κ3) is 6.30. The van der Waals surface area contributed by atoms with Gasteiger partial charge in [-0.05, 0) is 49.5 Å². The summed E-state index contributed by atoms with van der Waals surface area (Å²) >= 11 is 0. The summed E-state index contributed by atoms with van der Waals surface area (Å²) in [6.45, 7) is 6.66. The van der Waals surface area contributed by atoms with Gasteiger partial charge in [-0.2, -0.15) is 0 Å². The van der Waals surface area contributed by atoms with Crippen molar-refractivity contribution in [3.05, 3.63) is 53.6 Å². The summed E-state index contributed by atoms with van der Waals surface area (Å²) in [5.74, 6) is 0.560. The fourth-order valence-electron chi connectivity index (χ4n) is 2.21. The van der Waals surface area contributed by atoms with Gasteiger partial charge >= 0.3 is 0 Å². The number of nitrogens with one attached hydrogen (secondary N) is 1. The minimum Gasteiger partial charge on any atom is -0.508 e. The van der Waals surface area contributed by atoms with Crippen LogP contribution in [0.15, 0.2) is 48.1 Å². The van der Waals surface area contributed by atoms with Crippen molar-refractivity contribution in [3.63, 3.8) is 0 Å². The van der Waals surface area contributed by atoms with Crippen LogP contribution in [0.25, 0.3) is 0 Å². The lowest BCUT2D eigenvalue weighted by Crippen LogP contribution is -2.27. The van der Waals surface area contributed by atoms with Crippen LogP contribution in [0, 0.1) is 5.92 Å². The highest BCUT2D eigenvalue weighted by atomic mass is 16.3. The quantitative estimate of drug-likeness (QED) is 0.753. The van der Waals surface area contributed by atoms with Crippen LogP contribution in [0.3, 0.4) is 0 Å². The summed E-state index contributed by atoms with van der Waals surface area (Å²) in [6.07, 6.45) is 7.36. The Morgan fingerprint density at radius 1 is 1.29 bits per heavy atom. The van der Waals surface area contributed by atoms with Gasteiger partial charge in [0.05, 0.1) is 0 Å². The molecular formula is C18H25NO2. The first kappa shape index (κ1) is 17.0. The van der Waals surface area contributed by atoms with Gasteiger partial charge in [0.15, 0.2) is 0 Å². The van der Waals surface area contributed by atoms with E-state index in [0.29, 0.717) is 13.0 Å². The largest absolute Gasteiger partial charge is 0.508 e. The third-order valence-corrected chi connectivity index (χ3v) is 3.43. The molecule has 114 valence electrons. The Hall–Kier alpha value is -2.03. The minimum atomic E-state index is 0.0742. The van der Waals surface area contributed by atoms with Crippen molar-refractivity contribution >= 4 is 5.91 Å². The van der Waals surface area contributed by atoms with Gasteiger partial charge in [0, 0.05) is 13.0 Å². The molecule has 0 aliphatic carbocycles. The first-order chi connectivity index (χ1) is 10.1. The second-order valence-corrected chi connectivity index (χ2v) is 5.16. The monoisotopic (exact) mass is 287 g/mol. The normalized spacial score (nSPS) is 13.4. The van der Waals surface area contributed by atoms with Crippen LogP contribution in [-0.4, -0.2) is 17.6 Å². The lowest BCUT2D eigenvalue weighted by Gasteiger charge is -2.13. The fraction of sp³-hybridized carbons (Fsp3) is 0.389. The molecule has 0 radical (unpaired) electrons. The molecule has 0 bridgehead atoms. The Bertz CT molecular complexity index is 500. The van der Waals surface area contributed by atoms with Crippen molar-refractivity contribution in [3.8, 4) is 5.75 Å². The Morgan fingerprint density at radius 3 is 2.52 bits per heavy atom. The highest BCUT2D eigenvalue weighted by molar-refractivity contribution is 5.76. The van der Waals surface area contributed by atoms with Crippen molar-refractivity contribution in [2.45, 2.75) is 33.6 Å². The number of amides is 1. The molecule has 1 unspecified atom stereocenters. The Morgan fingerprint density at radius 2 is 1.95 bits per heavy atom. The number of allylic oxidation sites excluding steroid dienone is 4. The second-order valence-electron chi connectivity index (χ2n) is 5.16. The summed E-state index contributed by atoms with van der Waals surface area (Å²) in [5, 5.41) is 12.2. The number of carbonyl (C=O) groups is 1. The SMILES string of the molecule is C/C=C\C(=C/C)C(C)CC(=O)NCCc1ccc(O)cc1. The molecule has 0 saturated carbocycles. The topological polar surface area (TPSA) is 49.3 Å². The highest BCUT2D eigenvalue weighted by Crippen LogP contribution is 2.16. The van der Waals surface area contributed by atoms with E-state index >= 15 is 0 Å². The van der Waals surface area contributed by atoms with Gasteiger partial charge in [-0.1, -0.05) is 37.3 Å². The fourth-order valence-corrected chi connectivity index (χ4v) is 2.21. The van der Waals surface area contributed by atoms with Crippen molar-refractivity contribution in [2.75, 3.05) is 6.54 Å². The number of carbonyl (C=O) groups excluding carboxylic acids is 1. The molecule has 0 aromatic heterocycles. The Kier molecular flexibility index (Phi) is 7.30. The molecule has 0 fully saturated rings. The van der Waals surface area contributed by atoms with E-state index in [4.69, 9.17) is 0 Å². The molecule has 21 heavy (non-hydrogen) atoms. The molecular weight excluding hydrogens is 262 g/mol. The third-order valence-electron chi connectivity index (χ3n) is 3.43. The van der Waals surface area contributed by atoms with Crippen LogP contribution < -0.4 is 5.32 Å². The average Bonchev–Trinajstić information content (AvgIpc) is 2.46. The maximum atomic E-state index is 11.9. The zero-order valence-electron chi connectivity index (χ0n) is 13.1. The lowest BCUT2D eigenvalue weighted by molar-refractivity contribution is -0.121. The molecule has 1 aromatic carbocycles. The highest BCUT2D eigenvalue weighted by Gasteiger charge is 2.10. The van der Waals surface area contributed by atoms with E-state index in [1.54, 1.807) is 12.1 Å². The van der Waals surface area contributed by atoms with Crippen LogP contribution in [0.2, 0.25) is 0 Å². The number of rotatable bonds is 7. The number of phenols is 1. The summed E-state index contributed by atoms with van der Waals surface area (Å²) in [7, 11) is 0. The van der Waals surface area contributed by atoms with Gasteiger partial charge in [0.1, 0.15) is 5.75 Å². The van der Waals surface area contributed by atoms with E-state index in [2.05, 4.69) is 12.2 Å². The van der Waals surface area contributed by atoms with Gasteiger partial charge in [0.2, 0.25) is 5.91 Å². The molecule has 0 saturated heterocycles. The molecule has 0 aliphatic rings. The Labute approximate surface area is 127 Å². The lowest BCUT2D eigenvalue weighted by atomic mass is 9.96. The molecule has 1 amide bonds. The zero-order chi connectivity index (χ0) is 15.7. The van der Waals surface area contributed by atoms with E-state index in [9.17, 15) is 9.90 Å². The van der Waals surface area contributed by atoms with Crippen LogP contribution in [0.5, 0.6) is 5.75 Å². The predicted molar refractivity (Wildman–Crippen MR) is 87.2 cm³/mol. The van der Waals surface area contributed by atoms with Crippen LogP contribution in [0.4, 0.5) is 0 Å². The standard InChI is InChI=1S/C18H25NO2/c1-4-6-16(5-2)14(3)13-18(21)19-12-11-15-7-9-17(20)10-8-15/h4-10,14,20H,11-13H2,1-3H3,(H,19,21)/b6-4-,16-5+. The van der Waals surface area contributed by atoms with Crippen LogP contribution in [-0.2, 0) is 11.2 Å². The summed E-state index contributed by atoms with van der Waals surface area (Å²) in [5.41, 5.74) is 2.29. The average molecular weight is 287 g/mol. The van der Waals surface area contributed by atoms with Crippen LogP contribution in [0.1, 0.15) is 32.8 Å². The van der Waals surface area contributed by atoms with Crippen molar-refractivity contribution in [1.29, 1.82) is 0 Å². The maximum Gasteiger partial charge on any atom is 0.220 e. The van der Waals surface area contributed by atoms with E-state index in [1.807, 2.05) is 44.2 Å². The molecule has 0 heterocycles. The number of hydrogen-bond acceptors (Lipinski definition) is 2. The number of hydrogen-bond donors (Lipinski definition) is 2. The van der Waals surface area contributed by atoms with E-state index in [-0.39, 0.29) is 17.6 Å². The molecule has 2 N–H and O–H groups in total. The minimum absolute atomic E-state index is 0.0742. The molecule has 0 aliphatic heterocycles. The van der Waals surface area contributed by atoms with Crippen molar-refractivity contribution in [2.24, 2.45) is 5.92 Å². The van der Waals surface area contributed by atoms with Crippen LogP contribution >= 0.6 is 0 Å². The molecule has 0 spiro atoms. The van der Waals surface area contributed by atoms with Crippen molar-refractivity contribution in [1.82, 2.24) is 5.32 Å². The first-order valence-corrected chi connectivity index (χ1v) is 7.40. The smallest absolute Gasteiger partial charge is 0.220 e. The van der Waals surface area contributed by atoms with E-state index < -0.39 is 0 Å². The van der Waals surface area contributed by atoms with Gasteiger partial charge < -0.3 is 10.4 Å². The molecule has 3 heteroatoms.